The zero-order chi connectivity index (χ0) is 16.8. The number of carbonyl (C=O) groups excluding carboxylic acids is 2. The van der Waals surface area contributed by atoms with E-state index >= 15 is 0 Å². The van der Waals surface area contributed by atoms with Gasteiger partial charge in [0.25, 0.3) is 0 Å². The fraction of sp³-hybridized carbons (Fsp3) is 0.529. The van der Waals surface area contributed by atoms with E-state index < -0.39 is 0 Å². The van der Waals surface area contributed by atoms with Gasteiger partial charge in [0.1, 0.15) is 0 Å². The third-order valence-electron chi connectivity index (χ3n) is 4.17. The lowest BCUT2D eigenvalue weighted by Crippen LogP contribution is -2.41. The predicted octanol–water partition coefficient (Wildman–Crippen LogP) is 1.20. The van der Waals surface area contributed by atoms with Crippen LogP contribution in [0.5, 0.6) is 11.5 Å². The zero-order valence-electron chi connectivity index (χ0n) is 13.9. The van der Waals surface area contributed by atoms with Gasteiger partial charge in [-0.15, -0.1) is 0 Å². The summed E-state index contributed by atoms with van der Waals surface area (Å²) < 4.78 is 10.5. The molecule has 2 amide bonds. The van der Waals surface area contributed by atoms with Crippen molar-refractivity contribution < 1.29 is 19.1 Å². The molecule has 1 aliphatic rings. The van der Waals surface area contributed by atoms with Crippen LogP contribution in [0.2, 0.25) is 0 Å². The second kappa shape index (κ2) is 7.97. The largest absolute Gasteiger partial charge is 0.493 e. The fourth-order valence-electron chi connectivity index (χ4n) is 2.75. The zero-order valence-corrected chi connectivity index (χ0v) is 13.9. The number of hydrogen-bond acceptors (Lipinski definition) is 5. The number of nitrogens with one attached hydrogen (secondary N) is 2. The molecule has 0 spiro atoms. The maximum absolute atomic E-state index is 12.2. The summed E-state index contributed by atoms with van der Waals surface area (Å²) in [5, 5.41) is 5.72. The van der Waals surface area contributed by atoms with E-state index in [4.69, 9.17) is 9.47 Å². The average Bonchev–Trinajstić information content (AvgIpc) is 2.56. The van der Waals surface area contributed by atoms with E-state index in [1.54, 1.807) is 20.3 Å². The van der Waals surface area contributed by atoms with Crippen molar-refractivity contribution in [2.24, 2.45) is 5.92 Å². The van der Waals surface area contributed by atoms with Gasteiger partial charge in [-0.3, -0.25) is 14.9 Å². The number of piperidine rings is 1. The summed E-state index contributed by atoms with van der Waals surface area (Å²) in [6, 6.07) is 3.61. The van der Waals surface area contributed by atoms with Crippen molar-refractivity contribution in [1.82, 2.24) is 10.6 Å². The number of benzene rings is 1. The molecular formula is C17H24N2O4. The Hall–Kier alpha value is -2.08. The first kappa shape index (κ1) is 17.3. The standard InChI is InChI=1S/C17H24N2O4/c1-11-8-14(22-2)15(23-3)9-13(11)10-16(20)19-17(21)12-4-6-18-7-5-12/h8-9,12,18H,4-7,10H2,1-3H3,(H,19,20,21). The Balaban J connectivity index is 2.00. The molecule has 0 unspecified atom stereocenters. The summed E-state index contributed by atoms with van der Waals surface area (Å²) >= 11 is 0. The molecule has 1 aromatic carbocycles. The Morgan fingerprint density at radius 3 is 2.39 bits per heavy atom. The third kappa shape index (κ3) is 4.45. The summed E-state index contributed by atoms with van der Waals surface area (Å²) in [7, 11) is 3.12. The Labute approximate surface area is 136 Å². The highest BCUT2D eigenvalue weighted by Gasteiger charge is 2.22. The smallest absolute Gasteiger partial charge is 0.230 e. The fourth-order valence-corrected chi connectivity index (χ4v) is 2.75. The summed E-state index contributed by atoms with van der Waals surface area (Å²) in [5.74, 6) is 0.663. The molecule has 6 heteroatoms. The Morgan fingerprint density at radius 2 is 1.78 bits per heavy atom. The molecule has 0 atom stereocenters. The maximum atomic E-state index is 12.2. The average molecular weight is 320 g/mol. The van der Waals surface area contributed by atoms with E-state index in [0.29, 0.717) is 11.5 Å². The van der Waals surface area contributed by atoms with Gasteiger partial charge in [-0.25, -0.2) is 0 Å². The predicted molar refractivity (Wildman–Crippen MR) is 86.7 cm³/mol. The first-order valence-electron chi connectivity index (χ1n) is 7.81. The molecule has 0 radical (unpaired) electrons. The summed E-state index contributed by atoms with van der Waals surface area (Å²) in [6.07, 6.45) is 1.69. The highest BCUT2D eigenvalue weighted by atomic mass is 16.5. The number of imide groups is 1. The van der Waals surface area contributed by atoms with Crippen LogP contribution in [0.15, 0.2) is 12.1 Å². The van der Waals surface area contributed by atoms with Crippen LogP contribution in [-0.4, -0.2) is 39.1 Å². The Morgan fingerprint density at radius 1 is 1.17 bits per heavy atom. The lowest BCUT2D eigenvalue weighted by Gasteiger charge is -2.21. The number of amides is 2. The van der Waals surface area contributed by atoms with Crippen molar-refractivity contribution >= 4 is 11.8 Å². The maximum Gasteiger partial charge on any atom is 0.230 e. The lowest BCUT2D eigenvalue weighted by atomic mass is 9.97. The van der Waals surface area contributed by atoms with E-state index in [9.17, 15) is 9.59 Å². The van der Waals surface area contributed by atoms with Crippen molar-refractivity contribution in [3.63, 3.8) is 0 Å². The van der Waals surface area contributed by atoms with E-state index in [-0.39, 0.29) is 24.2 Å². The first-order chi connectivity index (χ1) is 11.0. The number of ether oxygens (including phenoxy) is 2. The molecule has 0 aromatic heterocycles. The molecule has 1 fully saturated rings. The molecule has 1 aliphatic heterocycles. The highest BCUT2D eigenvalue weighted by molar-refractivity contribution is 5.97. The van der Waals surface area contributed by atoms with Gasteiger partial charge in [0, 0.05) is 5.92 Å². The van der Waals surface area contributed by atoms with Gasteiger partial charge in [0.05, 0.1) is 20.6 Å². The molecule has 126 valence electrons. The monoisotopic (exact) mass is 320 g/mol. The lowest BCUT2D eigenvalue weighted by molar-refractivity contribution is -0.133. The summed E-state index contributed by atoms with van der Waals surface area (Å²) in [4.78, 5) is 24.3. The van der Waals surface area contributed by atoms with Crippen LogP contribution in [-0.2, 0) is 16.0 Å². The minimum Gasteiger partial charge on any atom is -0.493 e. The van der Waals surface area contributed by atoms with Crippen LogP contribution in [0.3, 0.4) is 0 Å². The number of rotatable bonds is 5. The number of carbonyl (C=O) groups is 2. The van der Waals surface area contributed by atoms with Crippen LogP contribution < -0.4 is 20.1 Å². The number of hydrogen-bond donors (Lipinski definition) is 2. The van der Waals surface area contributed by atoms with Crippen LogP contribution in [0.1, 0.15) is 24.0 Å². The van der Waals surface area contributed by atoms with Gasteiger partial charge in [-0.2, -0.15) is 0 Å². The number of methoxy groups -OCH3 is 2. The highest BCUT2D eigenvalue weighted by Crippen LogP contribution is 2.30. The normalized spacial score (nSPS) is 15.1. The van der Waals surface area contributed by atoms with Crippen LogP contribution in [0.25, 0.3) is 0 Å². The first-order valence-corrected chi connectivity index (χ1v) is 7.81. The van der Waals surface area contributed by atoms with Crippen molar-refractivity contribution in [2.75, 3.05) is 27.3 Å². The molecule has 0 bridgehead atoms. The van der Waals surface area contributed by atoms with Gasteiger partial charge in [-0.1, -0.05) is 0 Å². The summed E-state index contributed by atoms with van der Waals surface area (Å²) in [6.45, 7) is 3.54. The van der Waals surface area contributed by atoms with E-state index in [1.165, 1.54) is 0 Å². The van der Waals surface area contributed by atoms with E-state index in [0.717, 1.165) is 37.1 Å². The van der Waals surface area contributed by atoms with Gasteiger partial charge >= 0.3 is 0 Å². The molecule has 1 saturated heterocycles. The van der Waals surface area contributed by atoms with Crippen molar-refractivity contribution in [3.8, 4) is 11.5 Å². The minimum absolute atomic E-state index is 0.0771. The molecule has 1 aromatic rings. The number of aryl methyl sites for hydroxylation is 1. The molecule has 1 heterocycles. The van der Waals surface area contributed by atoms with Gasteiger partial charge in [0.2, 0.25) is 11.8 Å². The second-order valence-corrected chi connectivity index (χ2v) is 5.75. The molecule has 0 saturated carbocycles. The molecule has 2 N–H and O–H groups in total. The quantitative estimate of drug-likeness (QED) is 0.852. The van der Waals surface area contributed by atoms with Crippen molar-refractivity contribution in [2.45, 2.75) is 26.2 Å². The summed E-state index contributed by atoms with van der Waals surface area (Å²) in [5.41, 5.74) is 1.74. The van der Waals surface area contributed by atoms with Crippen LogP contribution >= 0.6 is 0 Å². The second-order valence-electron chi connectivity index (χ2n) is 5.75. The SMILES string of the molecule is COc1cc(C)c(CC(=O)NC(=O)C2CCNCC2)cc1OC. The van der Waals surface area contributed by atoms with Crippen molar-refractivity contribution in [1.29, 1.82) is 0 Å². The van der Waals surface area contributed by atoms with Gasteiger partial charge in [0.15, 0.2) is 11.5 Å². The van der Waals surface area contributed by atoms with Crippen LogP contribution in [0, 0.1) is 12.8 Å². The van der Waals surface area contributed by atoms with Crippen molar-refractivity contribution in [3.05, 3.63) is 23.3 Å². The minimum atomic E-state index is -0.288. The van der Waals surface area contributed by atoms with Gasteiger partial charge in [-0.05, 0) is 56.1 Å². The molecule has 23 heavy (non-hydrogen) atoms. The van der Waals surface area contributed by atoms with Gasteiger partial charge < -0.3 is 14.8 Å². The molecular weight excluding hydrogens is 296 g/mol. The topological polar surface area (TPSA) is 76.7 Å². The molecule has 2 rings (SSSR count). The van der Waals surface area contributed by atoms with E-state index in [1.807, 2.05) is 13.0 Å². The van der Waals surface area contributed by atoms with Crippen LogP contribution in [0.4, 0.5) is 0 Å². The van der Waals surface area contributed by atoms with E-state index in [2.05, 4.69) is 10.6 Å². The Kier molecular flexibility index (Phi) is 5.98. The third-order valence-corrected chi connectivity index (χ3v) is 4.17. The molecule has 6 nitrogen and oxygen atoms in total. The molecule has 0 aliphatic carbocycles. The Bertz CT molecular complexity index is 580.